The van der Waals surface area contributed by atoms with Crippen LogP contribution in [0.3, 0.4) is 0 Å². The normalized spacial score (nSPS) is 21.3. The first-order valence-corrected chi connectivity index (χ1v) is 8.49. The summed E-state index contributed by atoms with van der Waals surface area (Å²) in [7, 11) is 3.91. The Labute approximate surface area is 126 Å². The van der Waals surface area contributed by atoms with Crippen molar-refractivity contribution in [2.75, 3.05) is 33.8 Å². The average Bonchev–Trinajstić information content (AvgIpc) is 2.47. The fourth-order valence-corrected chi connectivity index (χ4v) is 3.17. The van der Waals surface area contributed by atoms with E-state index in [1.54, 1.807) is 0 Å². The van der Waals surface area contributed by atoms with Gasteiger partial charge in [-0.2, -0.15) is 0 Å². The van der Waals surface area contributed by atoms with Crippen molar-refractivity contribution in [3.63, 3.8) is 0 Å². The monoisotopic (exact) mass is 284 g/mol. The molecule has 0 saturated carbocycles. The number of nitrogens with one attached hydrogen (secondary N) is 1. The van der Waals surface area contributed by atoms with E-state index in [0.29, 0.717) is 6.10 Å². The van der Waals surface area contributed by atoms with Gasteiger partial charge >= 0.3 is 0 Å². The second-order valence-corrected chi connectivity index (χ2v) is 6.82. The van der Waals surface area contributed by atoms with Crippen LogP contribution in [0.5, 0.6) is 0 Å². The summed E-state index contributed by atoms with van der Waals surface area (Å²) in [4.78, 5) is 2.66. The number of hydrogen-bond acceptors (Lipinski definition) is 3. The maximum Gasteiger partial charge on any atom is 0.0543 e. The largest absolute Gasteiger partial charge is 0.382 e. The van der Waals surface area contributed by atoms with Crippen molar-refractivity contribution in [1.82, 2.24) is 10.2 Å². The summed E-state index contributed by atoms with van der Waals surface area (Å²) in [5.74, 6) is 1.63. The smallest absolute Gasteiger partial charge is 0.0543 e. The zero-order valence-corrected chi connectivity index (χ0v) is 14.3. The number of ether oxygens (including phenoxy) is 1. The van der Waals surface area contributed by atoms with Crippen LogP contribution < -0.4 is 5.32 Å². The minimum atomic E-state index is 0.405. The van der Waals surface area contributed by atoms with Gasteiger partial charge in [-0.1, -0.05) is 13.8 Å². The Morgan fingerprint density at radius 3 is 2.25 bits per heavy atom. The SMILES string of the molecule is CNC1CCN(CCC(CCC(C)OC)C(C)C)CC1. The Hall–Kier alpha value is -0.120. The molecular weight excluding hydrogens is 248 g/mol. The molecule has 2 atom stereocenters. The number of rotatable bonds is 9. The zero-order chi connectivity index (χ0) is 15.0. The van der Waals surface area contributed by atoms with Gasteiger partial charge in [-0.15, -0.1) is 0 Å². The highest BCUT2D eigenvalue weighted by Crippen LogP contribution is 2.23. The topological polar surface area (TPSA) is 24.5 Å². The Morgan fingerprint density at radius 2 is 1.75 bits per heavy atom. The lowest BCUT2D eigenvalue weighted by molar-refractivity contribution is 0.0981. The minimum absolute atomic E-state index is 0.405. The van der Waals surface area contributed by atoms with Crippen LogP contribution in [0.15, 0.2) is 0 Å². The van der Waals surface area contributed by atoms with Crippen LogP contribution in [0.25, 0.3) is 0 Å². The molecule has 0 aliphatic carbocycles. The zero-order valence-electron chi connectivity index (χ0n) is 14.3. The summed E-state index contributed by atoms with van der Waals surface area (Å²) < 4.78 is 5.38. The molecule has 0 aromatic carbocycles. The van der Waals surface area contributed by atoms with E-state index in [0.717, 1.165) is 17.9 Å². The van der Waals surface area contributed by atoms with Crippen LogP contribution in [0, 0.1) is 11.8 Å². The molecule has 1 aliphatic heterocycles. The van der Waals surface area contributed by atoms with Gasteiger partial charge in [0, 0.05) is 13.2 Å². The molecule has 0 spiro atoms. The number of hydrogen-bond donors (Lipinski definition) is 1. The Kier molecular flexibility index (Phi) is 8.74. The van der Waals surface area contributed by atoms with E-state index in [1.165, 1.54) is 51.7 Å². The highest BCUT2D eigenvalue weighted by Gasteiger charge is 2.20. The van der Waals surface area contributed by atoms with E-state index in [1.807, 2.05) is 7.11 Å². The van der Waals surface area contributed by atoms with Gasteiger partial charge in [0.2, 0.25) is 0 Å². The van der Waals surface area contributed by atoms with Gasteiger partial charge in [-0.3, -0.25) is 0 Å². The molecular formula is C17H36N2O. The van der Waals surface area contributed by atoms with Gasteiger partial charge in [-0.05, 0) is 77.5 Å². The molecule has 0 aromatic heterocycles. The summed E-state index contributed by atoms with van der Waals surface area (Å²) in [6, 6.07) is 0.745. The van der Waals surface area contributed by atoms with Crippen molar-refractivity contribution < 1.29 is 4.74 Å². The first kappa shape index (κ1) is 17.9. The van der Waals surface area contributed by atoms with Crippen molar-refractivity contribution in [3.05, 3.63) is 0 Å². The third kappa shape index (κ3) is 6.55. The maximum absolute atomic E-state index is 5.38. The van der Waals surface area contributed by atoms with E-state index in [9.17, 15) is 0 Å². The van der Waals surface area contributed by atoms with Gasteiger partial charge in [0.05, 0.1) is 6.10 Å². The summed E-state index contributed by atoms with van der Waals surface area (Å²) in [6.07, 6.45) is 6.87. The van der Waals surface area contributed by atoms with Crippen molar-refractivity contribution in [1.29, 1.82) is 0 Å². The fraction of sp³-hybridized carbons (Fsp3) is 1.00. The molecule has 1 aliphatic rings. The van der Waals surface area contributed by atoms with Crippen molar-refractivity contribution in [2.24, 2.45) is 11.8 Å². The fourth-order valence-electron chi connectivity index (χ4n) is 3.17. The predicted molar refractivity (Wildman–Crippen MR) is 87.2 cm³/mol. The maximum atomic E-state index is 5.38. The summed E-state index contributed by atoms with van der Waals surface area (Å²) in [5.41, 5.74) is 0. The van der Waals surface area contributed by atoms with Crippen LogP contribution in [0.2, 0.25) is 0 Å². The van der Waals surface area contributed by atoms with Gasteiger partial charge in [-0.25, -0.2) is 0 Å². The van der Waals surface area contributed by atoms with Crippen molar-refractivity contribution in [2.45, 2.75) is 65.0 Å². The highest BCUT2D eigenvalue weighted by molar-refractivity contribution is 4.77. The second kappa shape index (κ2) is 9.75. The van der Waals surface area contributed by atoms with E-state index in [2.05, 4.69) is 38.0 Å². The lowest BCUT2D eigenvalue weighted by Gasteiger charge is -2.33. The van der Waals surface area contributed by atoms with E-state index >= 15 is 0 Å². The number of likely N-dealkylation sites (tertiary alicyclic amines) is 1. The molecule has 0 amide bonds. The molecule has 3 heteroatoms. The molecule has 120 valence electrons. The third-order valence-electron chi connectivity index (χ3n) is 5.10. The number of nitrogens with zero attached hydrogens (tertiary/aromatic N) is 1. The lowest BCUT2D eigenvalue weighted by Crippen LogP contribution is -2.41. The molecule has 0 bridgehead atoms. The first-order valence-electron chi connectivity index (χ1n) is 8.49. The van der Waals surface area contributed by atoms with Crippen LogP contribution in [0.4, 0.5) is 0 Å². The molecule has 20 heavy (non-hydrogen) atoms. The molecule has 2 unspecified atom stereocenters. The quantitative estimate of drug-likeness (QED) is 0.704. The highest BCUT2D eigenvalue weighted by atomic mass is 16.5. The minimum Gasteiger partial charge on any atom is -0.382 e. The standard InChI is InChI=1S/C17H36N2O/c1-14(2)16(7-6-15(3)20-5)8-11-19-12-9-17(18-4)10-13-19/h14-18H,6-13H2,1-5H3. The van der Waals surface area contributed by atoms with Crippen molar-refractivity contribution in [3.8, 4) is 0 Å². The molecule has 0 aromatic rings. The second-order valence-electron chi connectivity index (χ2n) is 6.82. The third-order valence-corrected chi connectivity index (χ3v) is 5.10. The molecule has 1 saturated heterocycles. The summed E-state index contributed by atoms with van der Waals surface area (Å²) in [6.45, 7) is 10.7. The van der Waals surface area contributed by atoms with Crippen LogP contribution in [-0.2, 0) is 4.74 Å². The molecule has 3 nitrogen and oxygen atoms in total. The van der Waals surface area contributed by atoms with Crippen LogP contribution in [-0.4, -0.2) is 50.8 Å². The summed E-state index contributed by atoms with van der Waals surface area (Å²) in [5, 5.41) is 3.41. The first-order chi connectivity index (χ1) is 9.56. The molecule has 1 heterocycles. The average molecular weight is 284 g/mol. The van der Waals surface area contributed by atoms with Gasteiger partial charge in [0.1, 0.15) is 0 Å². The Balaban J connectivity index is 2.25. The number of methoxy groups -OCH3 is 1. The summed E-state index contributed by atoms with van der Waals surface area (Å²) >= 11 is 0. The Morgan fingerprint density at radius 1 is 1.10 bits per heavy atom. The van der Waals surface area contributed by atoms with Crippen molar-refractivity contribution >= 4 is 0 Å². The lowest BCUT2D eigenvalue weighted by atomic mass is 9.87. The van der Waals surface area contributed by atoms with Gasteiger partial charge < -0.3 is 15.0 Å². The van der Waals surface area contributed by atoms with E-state index < -0.39 is 0 Å². The van der Waals surface area contributed by atoms with Crippen LogP contribution in [0.1, 0.15) is 52.9 Å². The molecule has 1 rings (SSSR count). The van der Waals surface area contributed by atoms with E-state index in [-0.39, 0.29) is 0 Å². The molecule has 0 radical (unpaired) electrons. The Bertz CT molecular complexity index is 237. The predicted octanol–water partition coefficient (Wildman–Crippen LogP) is 3.15. The molecule has 1 fully saturated rings. The van der Waals surface area contributed by atoms with E-state index in [4.69, 9.17) is 4.74 Å². The number of piperidine rings is 1. The van der Waals surface area contributed by atoms with Crippen LogP contribution >= 0.6 is 0 Å². The van der Waals surface area contributed by atoms with Gasteiger partial charge in [0.15, 0.2) is 0 Å². The molecule has 1 N–H and O–H groups in total. The van der Waals surface area contributed by atoms with Gasteiger partial charge in [0.25, 0.3) is 0 Å².